The molecule has 1 heterocycles. The highest BCUT2D eigenvalue weighted by Gasteiger charge is 2.22. The van der Waals surface area contributed by atoms with Gasteiger partial charge in [-0.15, -0.1) is 0 Å². The summed E-state index contributed by atoms with van der Waals surface area (Å²) in [6.07, 6.45) is 1.42. The maximum absolute atomic E-state index is 12.5. The van der Waals surface area contributed by atoms with Crippen LogP contribution in [-0.4, -0.2) is 35.7 Å². The van der Waals surface area contributed by atoms with Gasteiger partial charge in [-0.25, -0.2) is 9.59 Å². The number of rotatable bonds is 6. The van der Waals surface area contributed by atoms with Crippen LogP contribution < -0.4 is 5.32 Å². The Morgan fingerprint density at radius 2 is 2.00 bits per heavy atom. The Kier molecular flexibility index (Phi) is 6.15. The molecule has 0 fully saturated rings. The first-order valence-electron chi connectivity index (χ1n) is 8.76. The molecule has 0 bridgehead atoms. The number of carbonyl (C=O) groups excluding carboxylic acids is 1. The predicted molar refractivity (Wildman–Crippen MR) is 116 cm³/mol. The van der Waals surface area contributed by atoms with Crippen LogP contribution >= 0.6 is 23.2 Å². The van der Waals surface area contributed by atoms with Crippen molar-refractivity contribution >= 4 is 63.4 Å². The molecule has 6 nitrogen and oxygen atoms in total. The fourth-order valence-electron chi connectivity index (χ4n) is 3.04. The Morgan fingerprint density at radius 1 is 1.24 bits per heavy atom. The lowest BCUT2D eigenvalue weighted by Crippen LogP contribution is -2.07. The fourth-order valence-corrected chi connectivity index (χ4v) is 3.63. The maximum atomic E-state index is 12.5. The third kappa shape index (κ3) is 4.23. The monoisotopic (exact) mass is 432 g/mol. The van der Waals surface area contributed by atoms with E-state index in [0.29, 0.717) is 32.1 Å². The molecule has 3 N–H and O–H groups in total. The molecule has 8 heteroatoms. The van der Waals surface area contributed by atoms with Gasteiger partial charge in [0.2, 0.25) is 0 Å². The average Bonchev–Trinajstić information content (AvgIpc) is 3.04. The van der Waals surface area contributed by atoms with Crippen LogP contribution in [0.1, 0.15) is 28.5 Å². The first kappa shape index (κ1) is 20.8. The summed E-state index contributed by atoms with van der Waals surface area (Å²) in [7, 11) is 1.74. The second-order valence-corrected chi connectivity index (χ2v) is 6.98. The van der Waals surface area contributed by atoms with E-state index >= 15 is 0 Å². The van der Waals surface area contributed by atoms with Crippen molar-refractivity contribution in [3.8, 4) is 0 Å². The van der Waals surface area contributed by atoms with Gasteiger partial charge >= 0.3 is 11.9 Å². The lowest BCUT2D eigenvalue weighted by atomic mass is 10.0. The molecule has 0 radical (unpaired) electrons. The Balaban J connectivity index is 2.31. The number of aromatic amines is 1. The lowest BCUT2D eigenvalue weighted by Gasteiger charge is -2.07. The summed E-state index contributed by atoms with van der Waals surface area (Å²) in [5.41, 5.74) is 2.16. The van der Waals surface area contributed by atoms with Gasteiger partial charge in [0.25, 0.3) is 0 Å². The minimum Gasteiger partial charge on any atom is -0.478 e. The highest BCUT2D eigenvalue weighted by Crippen LogP contribution is 2.35. The van der Waals surface area contributed by atoms with Crippen molar-refractivity contribution in [2.45, 2.75) is 6.92 Å². The zero-order chi connectivity index (χ0) is 21.1. The summed E-state index contributed by atoms with van der Waals surface area (Å²) in [6, 6.07) is 10.1. The van der Waals surface area contributed by atoms with Crippen molar-refractivity contribution in [2.75, 3.05) is 19.0 Å². The highest BCUT2D eigenvalue weighted by atomic mass is 35.5. The number of benzene rings is 2. The fraction of sp³-hybridized carbons (Fsp3) is 0.143. The van der Waals surface area contributed by atoms with E-state index in [-0.39, 0.29) is 17.9 Å². The number of H-pyrrole nitrogens is 1. The second-order valence-electron chi connectivity index (χ2n) is 6.14. The van der Waals surface area contributed by atoms with Crippen molar-refractivity contribution in [2.24, 2.45) is 0 Å². The van der Waals surface area contributed by atoms with Crippen LogP contribution in [-0.2, 0) is 9.53 Å². The molecule has 0 amide bonds. The van der Waals surface area contributed by atoms with Crippen LogP contribution in [0.4, 0.5) is 5.69 Å². The number of ether oxygens (including phenoxy) is 1. The van der Waals surface area contributed by atoms with E-state index in [4.69, 9.17) is 27.9 Å². The number of nitrogens with one attached hydrogen (secondary N) is 2. The standard InChI is InChI=1S/C21H18Cl2N2O4/c1-3-29-21(28)19-15(18-16(23)8-12(22)9-17(18)25-19)10-14(20(26)27)11-5-4-6-13(7-11)24-2/h4-10,24-25H,3H2,1-2H3,(H,26,27)/b14-10-. The molecule has 0 saturated heterocycles. The topological polar surface area (TPSA) is 91.4 Å². The molecule has 0 aliphatic heterocycles. The molecular formula is C21H18Cl2N2O4. The van der Waals surface area contributed by atoms with Crippen LogP contribution in [0.5, 0.6) is 0 Å². The van der Waals surface area contributed by atoms with E-state index in [0.717, 1.165) is 5.69 Å². The number of anilines is 1. The van der Waals surface area contributed by atoms with Crippen molar-refractivity contribution in [3.63, 3.8) is 0 Å². The quantitative estimate of drug-likeness (QED) is 0.362. The van der Waals surface area contributed by atoms with Crippen LogP contribution in [0.2, 0.25) is 10.0 Å². The van der Waals surface area contributed by atoms with Gasteiger partial charge in [-0.2, -0.15) is 0 Å². The zero-order valence-corrected chi connectivity index (χ0v) is 17.2. The number of hydrogen-bond acceptors (Lipinski definition) is 4. The van der Waals surface area contributed by atoms with E-state index in [9.17, 15) is 14.7 Å². The number of fused-ring (bicyclic) bond motifs is 1. The molecule has 0 aliphatic rings. The van der Waals surface area contributed by atoms with Gasteiger partial charge in [0.1, 0.15) is 5.69 Å². The minimum absolute atomic E-state index is 0.000403. The third-order valence-corrected chi connectivity index (χ3v) is 4.83. The molecule has 3 aromatic rings. The van der Waals surface area contributed by atoms with Crippen molar-refractivity contribution in [3.05, 3.63) is 63.3 Å². The van der Waals surface area contributed by atoms with Crippen LogP contribution in [0.3, 0.4) is 0 Å². The second kappa shape index (κ2) is 8.59. The predicted octanol–water partition coefficient (Wildman–Crippen LogP) is 5.32. The largest absolute Gasteiger partial charge is 0.478 e. The average molecular weight is 433 g/mol. The number of hydrogen-bond donors (Lipinski definition) is 3. The van der Waals surface area contributed by atoms with Crippen molar-refractivity contribution in [1.82, 2.24) is 4.98 Å². The zero-order valence-electron chi connectivity index (χ0n) is 15.7. The number of carboxylic acid groups (broad SMARTS) is 1. The molecular weight excluding hydrogens is 415 g/mol. The lowest BCUT2D eigenvalue weighted by molar-refractivity contribution is -0.130. The van der Waals surface area contributed by atoms with Gasteiger partial charge < -0.3 is 20.1 Å². The van der Waals surface area contributed by atoms with E-state index in [2.05, 4.69) is 10.3 Å². The van der Waals surface area contributed by atoms with Crippen molar-refractivity contribution in [1.29, 1.82) is 0 Å². The molecule has 29 heavy (non-hydrogen) atoms. The molecule has 0 saturated carbocycles. The number of carboxylic acids is 1. The maximum Gasteiger partial charge on any atom is 0.355 e. The van der Waals surface area contributed by atoms with Gasteiger partial charge in [0.05, 0.1) is 17.2 Å². The number of carbonyl (C=O) groups is 2. The summed E-state index contributed by atoms with van der Waals surface area (Å²) in [5, 5.41) is 14.0. The molecule has 2 aromatic carbocycles. The molecule has 3 rings (SSSR count). The van der Waals surface area contributed by atoms with E-state index in [1.165, 1.54) is 12.1 Å². The van der Waals surface area contributed by atoms with E-state index < -0.39 is 11.9 Å². The van der Waals surface area contributed by atoms with Crippen LogP contribution in [0.15, 0.2) is 36.4 Å². The first-order valence-corrected chi connectivity index (χ1v) is 9.52. The SMILES string of the molecule is CCOC(=O)c1[nH]c2cc(Cl)cc(Cl)c2c1/C=C(\C(=O)O)c1cccc(NC)c1. The van der Waals surface area contributed by atoms with Crippen LogP contribution in [0.25, 0.3) is 22.6 Å². The Hall–Kier alpha value is -2.96. The van der Waals surface area contributed by atoms with Gasteiger partial charge in [-0.1, -0.05) is 35.3 Å². The van der Waals surface area contributed by atoms with Gasteiger partial charge in [-0.3, -0.25) is 0 Å². The first-order chi connectivity index (χ1) is 13.8. The van der Waals surface area contributed by atoms with Crippen molar-refractivity contribution < 1.29 is 19.4 Å². The minimum atomic E-state index is -1.15. The highest BCUT2D eigenvalue weighted by molar-refractivity contribution is 6.39. The summed E-state index contributed by atoms with van der Waals surface area (Å²) < 4.78 is 5.12. The number of halogens is 2. The van der Waals surface area contributed by atoms with E-state index in [1.54, 1.807) is 38.2 Å². The van der Waals surface area contributed by atoms with Gasteiger partial charge in [0.15, 0.2) is 0 Å². The Labute approximate surface area is 177 Å². The van der Waals surface area contributed by atoms with Crippen LogP contribution in [0, 0.1) is 0 Å². The number of aliphatic carboxylic acids is 1. The molecule has 0 aliphatic carbocycles. The smallest absolute Gasteiger partial charge is 0.355 e. The van der Waals surface area contributed by atoms with Gasteiger partial charge in [0, 0.05) is 34.2 Å². The van der Waals surface area contributed by atoms with E-state index in [1.807, 2.05) is 6.07 Å². The molecule has 0 spiro atoms. The third-order valence-electron chi connectivity index (χ3n) is 4.31. The number of esters is 1. The summed E-state index contributed by atoms with van der Waals surface area (Å²) in [4.78, 5) is 27.5. The summed E-state index contributed by atoms with van der Waals surface area (Å²) in [6.45, 7) is 1.85. The Morgan fingerprint density at radius 3 is 2.66 bits per heavy atom. The summed E-state index contributed by atoms with van der Waals surface area (Å²) >= 11 is 12.5. The molecule has 0 atom stereocenters. The summed E-state index contributed by atoms with van der Waals surface area (Å²) in [5.74, 6) is -1.76. The number of aromatic nitrogens is 1. The molecule has 150 valence electrons. The normalized spacial score (nSPS) is 11.5. The van der Waals surface area contributed by atoms with Gasteiger partial charge in [-0.05, 0) is 42.8 Å². The Bertz CT molecular complexity index is 1140. The molecule has 0 unspecified atom stereocenters. The molecule has 1 aromatic heterocycles.